The quantitative estimate of drug-likeness (QED) is 0.363. The van der Waals surface area contributed by atoms with E-state index in [9.17, 15) is 14.4 Å². The van der Waals surface area contributed by atoms with Crippen LogP contribution in [0.1, 0.15) is 117 Å². The fourth-order valence-electron chi connectivity index (χ4n) is 9.64. The van der Waals surface area contributed by atoms with Crippen molar-refractivity contribution in [2.24, 2.45) is 34.5 Å². The number of allylic oxidation sites excluding steroid dienone is 2. The van der Waals surface area contributed by atoms with E-state index < -0.39 is 5.60 Å². The van der Waals surface area contributed by atoms with Crippen LogP contribution in [0.3, 0.4) is 0 Å². The zero-order valence-electron chi connectivity index (χ0n) is 22.8. The van der Waals surface area contributed by atoms with Gasteiger partial charge in [-0.1, -0.05) is 58.1 Å². The summed E-state index contributed by atoms with van der Waals surface area (Å²) in [6.07, 6.45) is 16.8. The zero-order valence-corrected chi connectivity index (χ0v) is 22.8. The standard InChI is InChI=1S/C32H46O4/c1-21-19-25-26(30(3)16-13-24(34)20-28(21)30)14-17-31(4)27(25)15-18-32(31,22(2)33)36-29(35)12-8-11-23-9-6-5-7-10-23/h20,23,25-27H,1,5-19H2,2-4H3/t25-,26+,27+,30-,31+,32+/m1/s1. The average Bonchev–Trinajstić information content (AvgIpc) is 3.14. The van der Waals surface area contributed by atoms with Gasteiger partial charge < -0.3 is 4.74 Å². The SMILES string of the molecule is C=C1C[C@@H]2[C@H](CC[C@@]3(C)[C@H]2CC[C@]3(OC(=O)CCCC2CCCCC2)C(C)=O)[C@@]2(C)CCC(=O)C=C12. The molecule has 6 atom stereocenters. The highest BCUT2D eigenvalue weighted by atomic mass is 16.6. The molecule has 0 radical (unpaired) electrons. The van der Waals surface area contributed by atoms with Crippen LogP contribution in [-0.4, -0.2) is 23.1 Å². The van der Waals surface area contributed by atoms with Gasteiger partial charge in [-0.25, -0.2) is 0 Å². The van der Waals surface area contributed by atoms with E-state index in [1.165, 1.54) is 37.7 Å². The monoisotopic (exact) mass is 494 g/mol. The van der Waals surface area contributed by atoms with Crippen LogP contribution in [0.4, 0.5) is 0 Å². The summed E-state index contributed by atoms with van der Waals surface area (Å²) in [4.78, 5) is 38.7. The van der Waals surface area contributed by atoms with Crippen LogP contribution in [0, 0.1) is 34.5 Å². The summed E-state index contributed by atoms with van der Waals surface area (Å²) in [5.41, 5.74) is 0.958. The maximum absolute atomic E-state index is 13.3. The van der Waals surface area contributed by atoms with Crippen LogP contribution in [0.2, 0.25) is 0 Å². The van der Waals surface area contributed by atoms with E-state index in [1.54, 1.807) is 6.92 Å². The number of hydrogen-bond donors (Lipinski definition) is 0. The minimum absolute atomic E-state index is 0.00743. The molecule has 0 bridgehead atoms. The Labute approximate surface area is 217 Å². The molecule has 5 aliphatic rings. The molecule has 4 nitrogen and oxygen atoms in total. The van der Waals surface area contributed by atoms with Crippen molar-refractivity contribution >= 4 is 17.5 Å². The fraction of sp³-hybridized carbons (Fsp3) is 0.781. The molecule has 5 rings (SSSR count). The number of carbonyl (C=O) groups excluding carboxylic acids is 3. The third-order valence-corrected chi connectivity index (χ3v) is 11.6. The largest absolute Gasteiger partial charge is 0.450 e. The molecule has 0 spiro atoms. The van der Waals surface area contributed by atoms with Gasteiger partial charge in [0.2, 0.25) is 0 Å². The topological polar surface area (TPSA) is 60.4 Å². The molecular formula is C32H46O4. The lowest BCUT2D eigenvalue weighted by Crippen LogP contribution is -2.58. The zero-order chi connectivity index (χ0) is 25.7. The first-order valence-corrected chi connectivity index (χ1v) is 14.8. The molecule has 0 amide bonds. The summed E-state index contributed by atoms with van der Waals surface area (Å²) >= 11 is 0. The van der Waals surface area contributed by atoms with Crippen molar-refractivity contribution in [3.05, 3.63) is 23.8 Å². The van der Waals surface area contributed by atoms with Crippen molar-refractivity contribution in [1.82, 2.24) is 0 Å². The van der Waals surface area contributed by atoms with Gasteiger partial charge in [-0.05, 0) is 99.0 Å². The summed E-state index contributed by atoms with van der Waals surface area (Å²) in [5, 5.41) is 0. The van der Waals surface area contributed by atoms with Crippen LogP contribution in [0.5, 0.6) is 0 Å². The smallest absolute Gasteiger partial charge is 0.306 e. The molecule has 4 fully saturated rings. The summed E-state index contributed by atoms with van der Waals surface area (Å²) in [5.74, 6) is 2.09. The molecule has 4 saturated carbocycles. The van der Waals surface area contributed by atoms with E-state index in [0.29, 0.717) is 37.0 Å². The highest BCUT2D eigenvalue weighted by Gasteiger charge is 2.68. The molecule has 0 saturated heterocycles. The Balaban J connectivity index is 1.33. The normalized spacial score (nSPS) is 40.6. The van der Waals surface area contributed by atoms with E-state index in [4.69, 9.17) is 4.74 Å². The third kappa shape index (κ3) is 4.06. The Hall–Kier alpha value is -1.71. The molecule has 0 aromatic heterocycles. The van der Waals surface area contributed by atoms with Crippen molar-refractivity contribution in [2.75, 3.05) is 0 Å². The molecule has 0 heterocycles. The lowest BCUT2D eigenvalue weighted by Gasteiger charge is -2.59. The maximum Gasteiger partial charge on any atom is 0.306 e. The molecular weight excluding hydrogens is 448 g/mol. The highest BCUT2D eigenvalue weighted by Crippen LogP contribution is 2.69. The van der Waals surface area contributed by atoms with Crippen LogP contribution < -0.4 is 0 Å². The van der Waals surface area contributed by atoms with Gasteiger partial charge in [0.1, 0.15) is 0 Å². The molecule has 0 unspecified atom stereocenters. The van der Waals surface area contributed by atoms with Gasteiger partial charge in [-0.15, -0.1) is 0 Å². The number of rotatable bonds is 6. The molecule has 5 aliphatic carbocycles. The van der Waals surface area contributed by atoms with Gasteiger partial charge in [-0.2, -0.15) is 0 Å². The molecule has 0 aromatic carbocycles. The van der Waals surface area contributed by atoms with Crippen LogP contribution >= 0.6 is 0 Å². The first kappa shape index (κ1) is 25.9. The Bertz CT molecular complexity index is 971. The summed E-state index contributed by atoms with van der Waals surface area (Å²) < 4.78 is 6.31. The van der Waals surface area contributed by atoms with Crippen LogP contribution in [0.25, 0.3) is 0 Å². The van der Waals surface area contributed by atoms with E-state index in [2.05, 4.69) is 20.4 Å². The van der Waals surface area contributed by atoms with Crippen molar-refractivity contribution in [3.63, 3.8) is 0 Å². The molecule has 0 aromatic rings. The number of esters is 1. The third-order valence-electron chi connectivity index (χ3n) is 11.6. The summed E-state index contributed by atoms with van der Waals surface area (Å²) in [6.45, 7) is 10.6. The number of hydrogen-bond acceptors (Lipinski definition) is 4. The first-order valence-electron chi connectivity index (χ1n) is 14.8. The second kappa shape index (κ2) is 9.55. The fourth-order valence-corrected chi connectivity index (χ4v) is 9.64. The number of carbonyl (C=O) groups is 3. The van der Waals surface area contributed by atoms with Gasteiger partial charge in [-0.3, -0.25) is 14.4 Å². The Kier molecular flexibility index (Phi) is 6.88. The Morgan fingerprint density at radius 3 is 2.47 bits per heavy atom. The summed E-state index contributed by atoms with van der Waals surface area (Å²) in [7, 11) is 0. The van der Waals surface area contributed by atoms with Crippen molar-refractivity contribution in [1.29, 1.82) is 0 Å². The number of Topliss-reactive ketones (excluding diaryl/α,β-unsaturated/α-hetero) is 1. The molecule has 198 valence electrons. The second-order valence-corrected chi connectivity index (χ2v) is 13.4. The van der Waals surface area contributed by atoms with Crippen molar-refractivity contribution < 1.29 is 19.1 Å². The number of ketones is 2. The lowest BCUT2D eigenvalue weighted by atomic mass is 9.45. The second-order valence-electron chi connectivity index (χ2n) is 13.4. The van der Waals surface area contributed by atoms with Gasteiger partial charge in [0, 0.05) is 18.3 Å². The van der Waals surface area contributed by atoms with Crippen molar-refractivity contribution in [3.8, 4) is 0 Å². The molecule has 0 N–H and O–H groups in total. The average molecular weight is 495 g/mol. The van der Waals surface area contributed by atoms with E-state index in [0.717, 1.165) is 56.4 Å². The van der Waals surface area contributed by atoms with Gasteiger partial charge >= 0.3 is 5.97 Å². The minimum Gasteiger partial charge on any atom is -0.450 e. The first-order chi connectivity index (χ1) is 17.1. The predicted octanol–water partition coefficient (Wildman–Crippen LogP) is 7.31. The molecule has 0 aliphatic heterocycles. The number of ether oxygens (including phenoxy) is 1. The lowest BCUT2D eigenvalue weighted by molar-refractivity contribution is -0.188. The minimum atomic E-state index is -0.995. The van der Waals surface area contributed by atoms with Crippen LogP contribution in [-0.2, 0) is 19.1 Å². The van der Waals surface area contributed by atoms with E-state index >= 15 is 0 Å². The molecule has 4 heteroatoms. The Morgan fingerprint density at radius 1 is 1.03 bits per heavy atom. The number of fused-ring (bicyclic) bond motifs is 5. The summed E-state index contributed by atoms with van der Waals surface area (Å²) in [6, 6.07) is 0. The van der Waals surface area contributed by atoms with Gasteiger partial charge in [0.15, 0.2) is 17.2 Å². The molecule has 36 heavy (non-hydrogen) atoms. The van der Waals surface area contributed by atoms with E-state index in [1.807, 2.05) is 6.08 Å². The maximum atomic E-state index is 13.3. The van der Waals surface area contributed by atoms with Crippen LogP contribution in [0.15, 0.2) is 23.8 Å². The van der Waals surface area contributed by atoms with Gasteiger partial charge in [0.25, 0.3) is 0 Å². The van der Waals surface area contributed by atoms with Gasteiger partial charge in [0.05, 0.1) is 0 Å². The van der Waals surface area contributed by atoms with Crippen molar-refractivity contribution in [2.45, 2.75) is 123 Å². The highest BCUT2D eigenvalue weighted by molar-refractivity contribution is 5.92. The van der Waals surface area contributed by atoms with E-state index in [-0.39, 0.29) is 28.4 Å². The Morgan fingerprint density at radius 2 is 1.75 bits per heavy atom. The predicted molar refractivity (Wildman–Crippen MR) is 141 cm³/mol.